The van der Waals surface area contributed by atoms with Crippen LogP contribution in [0.2, 0.25) is 0 Å². The second-order valence-corrected chi connectivity index (χ2v) is 11.1. The minimum atomic E-state index is -5.14. The number of aliphatic hydroxyl groups excluding tert-OH is 9. The maximum absolute atomic E-state index is 12.1. The van der Waals surface area contributed by atoms with Crippen molar-refractivity contribution in [3.05, 3.63) is 0 Å². The van der Waals surface area contributed by atoms with E-state index >= 15 is 0 Å². The molecule has 19 nitrogen and oxygen atoms in total. The van der Waals surface area contributed by atoms with Gasteiger partial charge in [-0.25, -0.2) is 0 Å². The van der Waals surface area contributed by atoms with E-state index in [1.54, 1.807) is 0 Å². The van der Waals surface area contributed by atoms with Crippen LogP contribution in [0.25, 0.3) is 0 Å². The monoisotopic (exact) mass is 609 g/mol. The summed E-state index contributed by atoms with van der Waals surface area (Å²) >= 11 is 0. The first-order valence-electron chi connectivity index (χ1n) is 12.1. The second-order valence-electron chi connectivity index (χ2n) is 9.56. The van der Waals surface area contributed by atoms with Crippen molar-refractivity contribution < 1.29 is 87.4 Å². The largest absolute Gasteiger partial charge is 0.394 e. The maximum atomic E-state index is 12.1. The highest BCUT2D eigenvalue weighted by atomic mass is 32.2. The van der Waals surface area contributed by atoms with E-state index in [9.17, 15) is 63.7 Å². The number of aliphatic hydroxyl groups is 9. The van der Waals surface area contributed by atoms with Gasteiger partial charge in [-0.2, -0.15) is 8.42 Å². The standard InChI is InChI=1S/C20H35NO18S/c1-5(25)21-9-17(40(32,33)34)11(27)7(3-23)36-19(9)39-16-10(26)6(2-22)37-20(14(16)30)38-15-8(4-24)35-18(31)13(29)12(15)28/h6-20,22-24,26-31H,2-4H2,1H3,(H,21,25)(H,32,33,34)/t6-,7-,8-,9-,10+,11+,12-,13-,14-,15+,16+,17-,18-,19+,20-/m1/s1. The van der Waals surface area contributed by atoms with Gasteiger partial charge in [-0.15, -0.1) is 0 Å². The van der Waals surface area contributed by atoms with Gasteiger partial charge in [0, 0.05) is 6.92 Å². The fraction of sp³-hybridized carbons (Fsp3) is 0.950. The van der Waals surface area contributed by atoms with Gasteiger partial charge in [0.05, 0.1) is 19.8 Å². The minimum absolute atomic E-state index is 0.837. The van der Waals surface area contributed by atoms with Crippen molar-refractivity contribution in [1.82, 2.24) is 5.32 Å². The topological polar surface area (TPSA) is 312 Å². The van der Waals surface area contributed by atoms with E-state index in [4.69, 9.17) is 23.7 Å². The summed E-state index contributed by atoms with van der Waals surface area (Å²) in [7, 11) is -5.14. The third-order valence-electron chi connectivity index (χ3n) is 6.81. The van der Waals surface area contributed by atoms with E-state index in [0.717, 1.165) is 6.92 Å². The summed E-state index contributed by atoms with van der Waals surface area (Å²) in [5, 5.41) is 90.9. The summed E-state index contributed by atoms with van der Waals surface area (Å²) in [6, 6.07) is -1.86. The van der Waals surface area contributed by atoms with Crippen LogP contribution in [0.1, 0.15) is 6.92 Å². The smallest absolute Gasteiger partial charge is 0.272 e. The molecule has 0 aromatic heterocycles. The predicted octanol–water partition coefficient (Wildman–Crippen LogP) is -7.53. The van der Waals surface area contributed by atoms with Gasteiger partial charge in [0.25, 0.3) is 10.1 Å². The zero-order valence-electron chi connectivity index (χ0n) is 20.9. The van der Waals surface area contributed by atoms with Crippen LogP contribution in [0.4, 0.5) is 0 Å². The molecule has 11 N–H and O–H groups in total. The zero-order chi connectivity index (χ0) is 30.1. The Kier molecular flexibility index (Phi) is 11.2. The normalized spacial score (nSPS) is 46.6. The summed E-state index contributed by atoms with van der Waals surface area (Å²) in [6.45, 7) is -1.77. The molecule has 234 valence electrons. The molecule has 3 heterocycles. The summed E-state index contributed by atoms with van der Waals surface area (Å²) in [6.07, 6.45) is -23.8. The molecule has 0 saturated carbocycles. The van der Waals surface area contributed by atoms with Crippen molar-refractivity contribution in [3.8, 4) is 0 Å². The van der Waals surface area contributed by atoms with Crippen LogP contribution >= 0.6 is 0 Å². The Morgan fingerprint density at radius 1 is 0.725 bits per heavy atom. The van der Waals surface area contributed by atoms with Crippen LogP contribution in [-0.4, -0.2) is 176 Å². The number of carbonyl (C=O) groups excluding carboxylic acids is 1. The van der Waals surface area contributed by atoms with E-state index in [0.29, 0.717) is 0 Å². The molecule has 0 unspecified atom stereocenters. The molecule has 0 aliphatic carbocycles. The van der Waals surface area contributed by atoms with Crippen molar-refractivity contribution >= 4 is 16.0 Å². The summed E-state index contributed by atoms with van der Waals surface area (Å²) in [4.78, 5) is 11.8. The summed E-state index contributed by atoms with van der Waals surface area (Å²) in [5.74, 6) is -0.866. The number of carbonyl (C=O) groups is 1. The number of amides is 1. The molecular formula is C20H35NO18S. The van der Waals surface area contributed by atoms with Crippen molar-refractivity contribution in [2.24, 2.45) is 0 Å². The number of rotatable bonds is 9. The first kappa shape index (κ1) is 33.3. The third-order valence-corrected chi connectivity index (χ3v) is 8.07. The molecule has 0 aromatic rings. The second kappa shape index (κ2) is 13.4. The molecule has 1 amide bonds. The van der Waals surface area contributed by atoms with Crippen molar-refractivity contribution in [3.63, 3.8) is 0 Å². The maximum Gasteiger partial charge on any atom is 0.272 e. The Labute approximate surface area is 227 Å². The van der Waals surface area contributed by atoms with Crippen molar-refractivity contribution in [1.29, 1.82) is 0 Å². The molecule has 0 bridgehead atoms. The van der Waals surface area contributed by atoms with Gasteiger partial charge >= 0.3 is 0 Å². The quantitative estimate of drug-likeness (QED) is 0.108. The third kappa shape index (κ3) is 6.89. The highest BCUT2D eigenvalue weighted by Crippen LogP contribution is 2.33. The Morgan fingerprint density at radius 3 is 1.77 bits per heavy atom. The van der Waals surface area contributed by atoms with Crippen molar-refractivity contribution in [2.45, 2.75) is 98.1 Å². The molecule has 0 spiro atoms. The predicted molar refractivity (Wildman–Crippen MR) is 122 cm³/mol. The highest BCUT2D eigenvalue weighted by Gasteiger charge is 2.56. The number of hydrogen-bond donors (Lipinski definition) is 11. The van der Waals surface area contributed by atoms with E-state index in [1.165, 1.54) is 0 Å². The lowest BCUT2D eigenvalue weighted by atomic mass is 9.96. The number of ether oxygens (including phenoxy) is 5. The Hall–Kier alpha value is -1.18. The molecule has 15 atom stereocenters. The van der Waals surface area contributed by atoms with Crippen LogP contribution in [0.3, 0.4) is 0 Å². The molecule has 3 rings (SSSR count). The molecule has 20 heteroatoms. The molecule has 3 aliphatic rings. The fourth-order valence-electron chi connectivity index (χ4n) is 4.80. The van der Waals surface area contributed by atoms with Crippen LogP contribution in [0.5, 0.6) is 0 Å². The fourth-order valence-corrected chi connectivity index (χ4v) is 5.90. The van der Waals surface area contributed by atoms with Gasteiger partial charge in [0.2, 0.25) is 5.91 Å². The minimum Gasteiger partial charge on any atom is -0.394 e. The number of hydrogen-bond acceptors (Lipinski definition) is 17. The lowest BCUT2D eigenvalue weighted by Crippen LogP contribution is -2.69. The van der Waals surface area contributed by atoms with Crippen LogP contribution in [0.15, 0.2) is 0 Å². The molecule has 3 fully saturated rings. The van der Waals surface area contributed by atoms with Crippen LogP contribution in [0, 0.1) is 0 Å². The highest BCUT2D eigenvalue weighted by molar-refractivity contribution is 7.86. The summed E-state index contributed by atoms with van der Waals surface area (Å²) < 4.78 is 60.8. The van der Waals surface area contributed by atoms with Crippen LogP contribution in [-0.2, 0) is 38.6 Å². The van der Waals surface area contributed by atoms with E-state index in [-0.39, 0.29) is 0 Å². The van der Waals surface area contributed by atoms with Gasteiger partial charge < -0.3 is 75.0 Å². The lowest BCUT2D eigenvalue weighted by molar-refractivity contribution is -0.370. The SMILES string of the molecule is CC(=O)N[C@H]1[C@H](O[C@H]2[C@@H](O)[C@@H](CO)O[C@H](O[C@@H]3[C@H](O)[C@@H](O)[C@H](O)O[C@@H]3CO)[C@@H]2O)O[C@H](CO)[C@H](O)[C@@H]1S(=O)(=O)O. The van der Waals surface area contributed by atoms with E-state index in [1.807, 2.05) is 0 Å². The molecule has 40 heavy (non-hydrogen) atoms. The average Bonchev–Trinajstić information content (AvgIpc) is 2.87. The van der Waals surface area contributed by atoms with E-state index < -0.39 is 127 Å². The van der Waals surface area contributed by atoms with E-state index in [2.05, 4.69) is 5.32 Å². The Bertz CT molecular complexity index is 954. The average molecular weight is 610 g/mol. The van der Waals surface area contributed by atoms with Gasteiger partial charge in [0.15, 0.2) is 18.9 Å². The van der Waals surface area contributed by atoms with Crippen molar-refractivity contribution in [2.75, 3.05) is 19.8 Å². The molecule has 3 saturated heterocycles. The van der Waals surface area contributed by atoms with Gasteiger partial charge in [-0.1, -0.05) is 0 Å². The lowest BCUT2D eigenvalue weighted by Gasteiger charge is -2.48. The molecule has 3 aliphatic heterocycles. The van der Waals surface area contributed by atoms with Gasteiger partial charge in [-0.3, -0.25) is 9.35 Å². The number of nitrogens with one attached hydrogen (secondary N) is 1. The molecular weight excluding hydrogens is 574 g/mol. The first-order chi connectivity index (χ1) is 18.7. The van der Waals surface area contributed by atoms with Gasteiger partial charge in [-0.05, 0) is 0 Å². The zero-order valence-corrected chi connectivity index (χ0v) is 21.7. The Morgan fingerprint density at radius 2 is 1.25 bits per heavy atom. The first-order valence-corrected chi connectivity index (χ1v) is 13.6. The molecule has 0 radical (unpaired) electrons. The van der Waals surface area contributed by atoms with Crippen LogP contribution < -0.4 is 5.32 Å². The van der Waals surface area contributed by atoms with Gasteiger partial charge in [0.1, 0.15) is 72.3 Å². The Balaban J connectivity index is 1.92. The summed E-state index contributed by atoms with van der Waals surface area (Å²) in [5.41, 5.74) is 0. The molecule has 0 aromatic carbocycles.